The summed E-state index contributed by atoms with van der Waals surface area (Å²) in [5.74, 6) is 1.95. The van der Waals surface area contributed by atoms with E-state index >= 15 is 4.39 Å². The Labute approximate surface area is 215 Å². The Morgan fingerprint density at radius 1 is 1.11 bits per heavy atom. The molecule has 3 aliphatic carbocycles. The van der Waals surface area contributed by atoms with Crippen molar-refractivity contribution in [3.05, 3.63) is 47.1 Å². The Morgan fingerprint density at radius 3 is 2.67 bits per heavy atom. The van der Waals surface area contributed by atoms with Crippen LogP contribution >= 0.6 is 0 Å². The number of carbonyl (C=O) groups is 1. The number of piperidine rings is 1. The second-order valence-corrected chi connectivity index (χ2v) is 11.3. The topological polar surface area (TPSA) is 49.3 Å². The minimum absolute atomic E-state index is 0.0109. The van der Waals surface area contributed by atoms with Gasteiger partial charge in [0.15, 0.2) is 0 Å². The first-order valence-electron chi connectivity index (χ1n) is 14.2. The van der Waals surface area contributed by atoms with Crippen LogP contribution in [0.5, 0.6) is 0 Å². The molecule has 2 unspecified atom stereocenters. The average molecular weight is 493 g/mol. The normalized spacial score (nSPS) is 24.6. The van der Waals surface area contributed by atoms with Crippen molar-refractivity contribution in [2.75, 3.05) is 24.5 Å². The number of hydrogen-bond acceptors (Lipinski definition) is 4. The van der Waals surface area contributed by atoms with Crippen molar-refractivity contribution in [2.24, 2.45) is 11.8 Å². The number of amides is 1. The molecule has 1 aromatic heterocycles. The molecule has 1 aromatic rings. The predicted molar refractivity (Wildman–Crippen MR) is 143 cm³/mol. The van der Waals surface area contributed by atoms with E-state index in [1.807, 2.05) is 18.7 Å². The van der Waals surface area contributed by atoms with Crippen molar-refractivity contribution in [2.45, 2.75) is 90.5 Å². The maximum Gasteiger partial charge on any atom is 0.258 e. The third kappa shape index (κ3) is 5.42. The fourth-order valence-corrected chi connectivity index (χ4v) is 6.43. The van der Waals surface area contributed by atoms with E-state index in [1.54, 1.807) is 6.20 Å². The minimum Gasteiger partial charge on any atom is -0.341 e. The summed E-state index contributed by atoms with van der Waals surface area (Å²) in [6, 6.07) is 0.0109. The van der Waals surface area contributed by atoms with E-state index in [0.29, 0.717) is 48.1 Å². The van der Waals surface area contributed by atoms with Crippen LogP contribution in [-0.4, -0.2) is 46.5 Å². The Balaban J connectivity index is 1.47. The van der Waals surface area contributed by atoms with Crippen LogP contribution in [0, 0.1) is 11.8 Å². The monoisotopic (exact) mass is 492 g/mol. The molecule has 1 saturated carbocycles. The van der Waals surface area contributed by atoms with Crippen LogP contribution in [-0.2, 0) is 0 Å². The molecule has 2 atom stereocenters. The number of halogens is 1. The molecule has 6 heteroatoms. The second-order valence-electron chi connectivity index (χ2n) is 11.3. The Morgan fingerprint density at radius 2 is 1.92 bits per heavy atom. The van der Waals surface area contributed by atoms with E-state index in [-0.39, 0.29) is 17.8 Å². The van der Waals surface area contributed by atoms with Crippen molar-refractivity contribution in [1.29, 1.82) is 0 Å². The predicted octanol–water partition coefficient (Wildman–Crippen LogP) is 6.87. The van der Waals surface area contributed by atoms with Gasteiger partial charge in [-0.1, -0.05) is 37.5 Å². The summed E-state index contributed by atoms with van der Waals surface area (Å²) in [4.78, 5) is 27.8. The molecule has 4 aliphatic rings. The van der Waals surface area contributed by atoms with Crippen LogP contribution < -0.4 is 4.90 Å². The van der Waals surface area contributed by atoms with Gasteiger partial charge in [-0.3, -0.25) is 4.79 Å². The third-order valence-corrected chi connectivity index (χ3v) is 8.58. The zero-order valence-corrected chi connectivity index (χ0v) is 22.0. The summed E-state index contributed by atoms with van der Waals surface area (Å²) >= 11 is 0. The SMILES string of the molecule is CC(C)N(CC1=CCCC=C1)C(=O)c1cnc(N2CCC3CCCCC3C2)nc1C1=C(F)CCCC1. The summed E-state index contributed by atoms with van der Waals surface area (Å²) in [7, 11) is 0. The highest BCUT2D eigenvalue weighted by Gasteiger charge is 2.33. The summed E-state index contributed by atoms with van der Waals surface area (Å²) in [6.07, 6.45) is 19.5. The van der Waals surface area contributed by atoms with Gasteiger partial charge >= 0.3 is 0 Å². The molecule has 0 spiro atoms. The van der Waals surface area contributed by atoms with Gasteiger partial charge in [0.05, 0.1) is 11.3 Å². The first-order chi connectivity index (χ1) is 17.5. The van der Waals surface area contributed by atoms with Crippen molar-refractivity contribution in [3.8, 4) is 0 Å². The lowest BCUT2D eigenvalue weighted by atomic mass is 9.75. The van der Waals surface area contributed by atoms with Gasteiger partial charge in [0.2, 0.25) is 5.95 Å². The van der Waals surface area contributed by atoms with Gasteiger partial charge in [-0.25, -0.2) is 14.4 Å². The molecular weight excluding hydrogens is 451 g/mol. The van der Waals surface area contributed by atoms with Crippen molar-refractivity contribution >= 4 is 17.4 Å². The number of anilines is 1. The van der Waals surface area contributed by atoms with Gasteiger partial charge in [-0.2, -0.15) is 0 Å². The molecule has 36 heavy (non-hydrogen) atoms. The Kier molecular flexibility index (Phi) is 7.87. The molecule has 5 rings (SSSR count). The number of hydrogen-bond donors (Lipinski definition) is 0. The maximum absolute atomic E-state index is 15.2. The molecule has 1 aliphatic heterocycles. The van der Waals surface area contributed by atoms with Gasteiger partial charge < -0.3 is 9.80 Å². The molecule has 194 valence electrons. The third-order valence-electron chi connectivity index (χ3n) is 8.58. The maximum atomic E-state index is 15.2. The van der Waals surface area contributed by atoms with Gasteiger partial charge in [0.25, 0.3) is 5.91 Å². The van der Waals surface area contributed by atoms with Crippen LogP contribution in [0.1, 0.15) is 101 Å². The van der Waals surface area contributed by atoms with Crippen LogP contribution in [0.3, 0.4) is 0 Å². The minimum atomic E-state index is -0.111. The number of nitrogens with zero attached hydrogens (tertiary/aromatic N) is 4. The second kappa shape index (κ2) is 11.3. The molecular formula is C30H41FN4O. The van der Waals surface area contributed by atoms with E-state index in [9.17, 15) is 4.79 Å². The first-order valence-corrected chi connectivity index (χ1v) is 14.2. The zero-order chi connectivity index (χ0) is 25.1. The van der Waals surface area contributed by atoms with E-state index < -0.39 is 0 Å². The van der Waals surface area contributed by atoms with Gasteiger partial charge in [0, 0.05) is 37.4 Å². The fourth-order valence-electron chi connectivity index (χ4n) is 6.43. The number of rotatable bonds is 6. The van der Waals surface area contributed by atoms with Gasteiger partial charge in [-0.15, -0.1) is 0 Å². The standard InChI is InChI=1S/C30H41FN4O/c1-21(2)35(19-22-10-4-3-5-11-22)29(36)26-18-32-30(33-28(26)25-14-8-9-15-27(25)31)34-17-16-23-12-6-7-13-24(23)20-34/h4,10-11,18,21,23-24H,3,5-9,12-17,19-20H2,1-2H3. The fraction of sp³-hybridized carbons (Fsp3) is 0.633. The molecule has 1 saturated heterocycles. The number of aromatic nitrogens is 2. The molecule has 0 aromatic carbocycles. The molecule has 1 amide bonds. The van der Waals surface area contributed by atoms with E-state index in [1.165, 1.54) is 32.1 Å². The lowest BCUT2D eigenvalue weighted by Crippen LogP contribution is -2.43. The Hall–Kier alpha value is -2.50. The molecule has 2 heterocycles. The summed E-state index contributed by atoms with van der Waals surface area (Å²) < 4.78 is 15.2. The summed E-state index contributed by atoms with van der Waals surface area (Å²) in [5, 5.41) is 0. The van der Waals surface area contributed by atoms with Gasteiger partial charge in [0.1, 0.15) is 5.83 Å². The van der Waals surface area contributed by atoms with Crippen LogP contribution in [0.25, 0.3) is 5.57 Å². The van der Waals surface area contributed by atoms with Crippen molar-refractivity contribution in [1.82, 2.24) is 14.9 Å². The molecule has 0 radical (unpaired) electrons. The van der Waals surface area contributed by atoms with Crippen molar-refractivity contribution in [3.63, 3.8) is 0 Å². The zero-order valence-electron chi connectivity index (χ0n) is 22.0. The quantitative estimate of drug-likeness (QED) is 0.435. The largest absolute Gasteiger partial charge is 0.341 e. The van der Waals surface area contributed by atoms with E-state index in [4.69, 9.17) is 9.97 Å². The number of carbonyl (C=O) groups excluding carboxylic acids is 1. The van der Waals surface area contributed by atoms with E-state index in [2.05, 4.69) is 23.1 Å². The average Bonchev–Trinajstić information content (AvgIpc) is 2.91. The summed E-state index contributed by atoms with van der Waals surface area (Å²) in [6.45, 7) is 6.53. The van der Waals surface area contributed by atoms with E-state index in [0.717, 1.165) is 50.3 Å². The van der Waals surface area contributed by atoms with Crippen LogP contribution in [0.15, 0.2) is 35.8 Å². The summed E-state index contributed by atoms with van der Waals surface area (Å²) in [5.41, 5.74) is 2.72. The smallest absolute Gasteiger partial charge is 0.258 e. The molecule has 0 bridgehead atoms. The first kappa shape index (κ1) is 25.2. The van der Waals surface area contributed by atoms with Crippen molar-refractivity contribution < 1.29 is 9.18 Å². The molecule has 2 fully saturated rings. The van der Waals surface area contributed by atoms with Gasteiger partial charge in [-0.05, 0) is 82.6 Å². The lowest BCUT2D eigenvalue weighted by Gasteiger charge is -2.41. The highest BCUT2D eigenvalue weighted by Crippen LogP contribution is 2.38. The lowest BCUT2D eigenvalue weighted by molar-refractivity contribution is 0.0723. The molecule has 0 N–H and O–H groups in total. The highest BCUT2D eigenvalue weighted by atomic mass is 19.1. The Bertz CT molecular complexity index is 1060. The van der Waals surface area contributed by atoms with Crippen LogP contribution in [0.2, 0.25) is 0 Å². The molecule has 5 nitrogen and oxygen atoms in total. The van der Waals surface area contributed by atoms with Crippen LogP contribution in [0.4, 0.5) is 10.3 Å². The highest BCUT2D eigenvalue weighted by molar-refractivity contribution is 5.99. The number of fused-ring (bicyclic) bond motifs is 1. The number of allylic oxidation sites excluding steroid dienone is 4.